The van der Waals surface area contributed by atoms with Crippen molar-refractivity contribution in [3.8, 4) is 0 Å². The first kappa shape index (κ1) is 18.5. The van der Waals surface area contributed by atoms with Crippen LogP contribution in [0.3, 0.4) is 0 Å². The van der Waals surface area contributed by atoms with Gasteiger partial charge >= 0.3 is 11.8 Å². The van der Waals surface area contributed by atoms with Crippen molar-refractivity contribution in [3.05, 3.63) is 59.7 Å². The van der Waals surface area contributed by atoms with E-state index in [-0.39, 0.29) is 6.54 Å². The van der Waals surface area contributed by atoms with Crippen molar-refractivity contribution in [2.24, 2.45) is 0 Å². The molecule has 2 rings (SSSR count). The van der Waals surface area contributed by atoms with Gasteiger partial charge in [-0.2, -0.15) is 0 Å². The van der Waals surface area contributed by atoms with Gasteiger partial charge in [0.05, 0.1) is 6.10 Å². The van der Waals surface area contributed by atoms with Crippen molar-refractivity contribution in [1.29, 1.82) is 0 Å². The Morgan fingerprint density at radius 2 is 1.68 bits per heavy atom. The fourth-order valence-electron chi connectivity index (χ4n) is 2.27. The van der Waals surface area contributed by atoms with Crippen molar-refractivity contribution in [2.75, 3.05) is 30.9 Å². The molecule has 0 bridgehead atoms. The minimum Gasteiger partial charge on any atom is -0.387 e. The summed E-state index contributed by atoms with van der Waals surface area (Å²) in [4.78, 5) is 25.8. The molecular weight excluding hydrogens is 318 g/mol. The van der Waals surface area contributed by atoms with Crippen LogP contribution in [-0.2, 0) is 9.59 Å². The number of hydrogen-bond donors (Lipinski definition) is 3. The zero-order valence-electron chi connectivity index (χ0n) is 14.6. The predicted octanol–water partition coefficient (Wildman–Crippen LogP) is 1.85. The van der Waals surface area contributed by atoms with Crippen LogP contribution in [0.5, 0.6) is 0 Å². The average Bonchev–Trinajstić information content (AvgIpc) is 2.61. The van der Waals surface area contributed by atoms with Gasteiger partial charge in [0, 0.05) is 32.0 Å². The number of anilines is 2. The van der Waals surface area contributed by atoms with Crippen LogP contribution < -0.4 is 15.5 Å². The minimum atomic E-state index is -0.883. The summed E-state index contributed by atoms with van der Waals surface area (Å²) in [5, 5.41) is 15.2. The molecule has 0 fully saturated rings. The van der Waals surface area contributed by atoms with Gasteiger partial charge in [0.15, 0.2) is 0 Å². The van der Waals surface area contributed by atoms with Crippen LogP contribution in [0, 0.1) is 6.92 Å². The van der Waals surface area contributed by atoms with E-state index < -0.39 is 17.9 Å². The van der Waals surface area contributed by atoms with Gasteiger partial charge < -0.3 is 20.6 Å². The number of nitrogens with zero attached hydrogens (tertiary/aromatic N) is 1. The standard InChI is InChI=1S/C19H23N3O3/c1-13-6-4-5-7-16(13)21-19(25)18(24)20-12-17(23)14-8-10-15(11-9-14)22(2)3/h4-11,17,23H,12H2,1-3H3,(H,20,24)(H,21,25). The number of aliphatic hydroxyl groups is 1. The van der Waals surface area contributed by atoms with E-state index in [0.29, 0.717) is 11.3 Å². The molecule has 0 saturated heterocycles. The Morgan fingerprint density at radius 3 is 2.28 bits per heavy atom. The van der Waals surface area contributed by atoms with Crippen molar-refractivity contribution in [3.63, 3.8) is 0 Å². The minimum absolute atomic E-state index is 0.0403. The number of nitrogens with one attached hydrogen (secondary N) is 2. The first-order valence-electron chi connectivity index (χ1n) is 7.98. The van der Waals surface area contributed by atoms with E-state index in [1.807, 2.05) is 50.2 Å². The van der Waals surface area contributed by atoms with Crippen LogP contribution in [0.2, 0.25) is 0 Å². The van der Waals surface area contributed by atoms with E-state index >= 15 is 0 Å². The molecule has 1 unspecified atom stereocenters. The summed E-state index contributed by atoms with van der Waals surface area (Å²) in [5.41, 5.74) is 3.13. The smallest absolute Gasteiger partial charge is 0.313 e. The highest BCUT2D eigenvalue weighted by atomic mass is 16.3. The fourth-order valence-corrected chi connectivity index (χ4v) is 2.27. The Labute approximate surface area is 147 Å². The van der Waals surface area contributed by atoms with Gasteiger partial charge in [0.1, 0.15) is 0 Å². The van der Waals surface area contributed by atoms with Gasteiger partial charge in [-0.1, -0.05) is 30.3 Å². The molecule has 0 aliphatic heterocycles. The van der Waals surface area contributed by atoms with Gasteiger partial charge in [-0.25, -0.2) is 0 Å². The molecule has 0 aromatic heterocycles. The van der Waals surface area contributed by atoms with Crippen LogP contribution in [0.25, 0.3) is 0 Å². The zero-order valence-corrected chi connectivity index (χ0v) is 14.6. The zero-order chi connectivity index (χ0) is 18.4. The fraction of sp³-hybridized carbons (Fsp3) is 0.263. The monoisotopic (exact) mass is 341 g/mol. The number of aliphatic hydroxyl groups excluding tert-OH is 1. The SMILES string of the molecule is Cc1ccccc1NC(=O)C(=O)NCC(O)c1ccc(N(C)C)cc1. The average molecular weight is 341 g/mol. The molecule has 1 atom stereocenters. The first-order valence-corrected chi connectivity index (χ1v) is 7.98. The van der Waals surface area contributed by atoms with Crippen molar-refractivity contribution in [2.45, 2.75) is 13.0 Å². The van der Waals surface area contributed by atoms with Crippen molar-refractivity contribution < 1.29 is 14.7 Å². The second-order valence-electron chi connectivity index (χ2n) is 5.98. The van der Waals surface area contributed by atoms with E-state index in [4.69, 9.17) is 0 Å². The van der Waals surface area contributed by atoms with Gasteiger partial charge in [0.2, 0.25) is 0 Å². The maximum absolute atomic E-state index is 11.9. The molecule has 0 aliphatic rings. The third kappa shape index (κ3) is 5.06. The molecule has 0 saturated carbocycles. The lowest BCUT2D eigenvalue weighted by Gasteiger charge is -2.15. The number of amides is 2. The molecule has 0 heterocycles. The quantitative estimate of drug-likeness (QED) is 0.725. The Morgan fingerprint density at radius 1 is 1.04 bits per heavy atom. The molecule has 0 spiro atoms. The lowest BCUT2D eigenvalue weighted by atomic mass is 10.1. The first-order chi connectivity index (χ1) is 11.9. The van der Waals surface area contributed by atoms with Gasteiger partial charge in [-0.05, 0) is 36.2 Å². The highest BCUT2D eigenvalue weighted by Gasteiger charge is 2.16. The summed E-state index contributed by atoms with van der Waals surface area (Å²) >= 11 is 0. The molecule has 6 nitrogen and oxygen atoms in total. The second-order valence-corrected chi connectivity index (χ2v) is 5.98. The highest BCUT2D eigenvalue weighted by Crippen LogP contribution is 2.17. The number of carbonyl (C=O) groups is 2. The summed E-state index contributed by atoms with van der Waals surface area (Å²) in [6, 6.07) is 14.5. The van der Waals surface area contributed by atoms with Gasteiger partial charge in [-0.3, -0.25) is 9.59 Å². The molecule has 6 heteroatoms. The summed E-state index contributed by atoms with van der Waals surface area (Å²) in [5.74, 6) is -1.54. The Balaban J connectivity index is 1.88. The largest absolute Gasteiger partial charge is 0.387 e. The molecule has 2 aromatic rings. The second kappa shape index (κ2) is 8.30. The predicted molar refractivity (Wildman–Crippen MR) is 98.5 cm³/mol. The number of benzene rings is 2. The maximum Gasteiger partial charge on any atom is 0.313 e. The Kier molecular flexibility index (Phi) is 6.14. The van der Waals surface area contributed by atoms with Crippen molar-refractivity contribution >= 4 is 23.2 Å². The molecule has 2 aromatic carbocycles. The Hall–Kier alpha value is -2.86. The number of rotatable bonds is 5. The lowest BCUT2D eigenvalue weighted by Crippen LogP contribution is -2.37. The number of aryl methyl sites for hydroxylation is 1. The summed E-state index contributed by atoms with van der Waals surface area (Å²) in [6.45, 7) is 1.80. The normalized spacial score (nSPS) is 11.5. The van der Waals surface area contributed by atoms with Crippen molar-refractivity contribution in [1.82, 2.24) is 5.32 Å². The van der Waals surface area contributed by atoms with E-state index in [0.717, 1.165) is 11.3 Å². The number of hydrogen-bond acceptors (Lipinski definition) is 4. The van der Waals surface area contributed by atoms with E-state index in [9.17, 15) is 14.7 Å². The molecule has 132 valence electrons. The van der Waals surface area contributed by atoms with Gasteiger partial charge in [0.25, 0.3) is 0 Å². The molecule has 0 radical (unpaired) electrons. The van der Waals surface area contributed by atoms with Crippen LogP contribution in [0.4, 0.5) is 11.4 Å². The molecule has 2 amide bonds. The highest BCUT2D eigenvalue weighted by molar-refractivity contribution is 6.39. The Bertz CT molecular complexity index is 742. The third-order valence-electron chi connectivity index (χ3n) is 3.85. The van der Waals surface area contributed by atoms with E-state index in [1.165, 1.54) is 0 Å². The summed E-state index contributed by atoms with van der Waals surface area (Å²) in [6.07, 6.45) is -0.883. The summed E-state index contributed by atoms with van der Waals surface area (Å²) in [7, 11) is 3.86. The topological polar surface area (TPSA) is 81.7 Å². The van der Waals surface area contributed by atoms with Crippen LogP contribution in [-0.4, -0.2) is 37.6 Å². The van der Waals surface area contributed by atoms with E-state index in [1.54, 1.807) is 24.3 Å². The number of para-hydroxylation sites is 1. The summed E-state index contributed by atoms with van der Waals surface area (Å²) < 4.78 is 0. The third-order valence-corrected chi connectivity index (χ3v) is 3.85. The van der Waals surface area contributed by atoms with Crippen LogP contribution in [0.1, 0.15) is 17.2 Å². The maximum atomic E-state index is 11.9. The molecule has 3 N–H and O–H groups in total. The van der Waals surface area contributed by atoms with Crippen LogP contribution in [0.15, 0.2) is 48.5 Å². The molecule has 0 aliphatic carbocycles. The molecule has 25 heavy (non-hydrogen) atoms. The van der Waals surface area contributed by atoms with Crippen LogP contribution >= 0.6 is 0 Å². The van der Waals surface area contributed by atoms with E-state index in [2.05, 4.69) is 10.6 Å². The lowest BCUT2D eigenvalue weighted by molar-refractivity contribution is -0.136. The van der Waals surface area contributed by atoms with Gasteiger partial charge in [-0.15, -0.1) is 0 Å². The molecular formula is C19H23N3O3. The number of carbonyl (C=O) groups excluding carboxylic acids is 2.